The zero-order valence-corrected chi connectivity index (χ0v) is 52.7. The van der Waals surface area contributed by atoms with E-state index in [0.717, 1.165) is 82.1 Å². The summed E-state index contributed by atoms with van der Waals surface area (Å²) in [5, 5.41) is 45.3. The van der Waals surface area contributed by atoms with E-state index in [0.29, 0.717) is 112 Å². The third-order valence-corrected chi connectivity index (χ3v) is 15.4. The lowest BCUT2D eigenvalue weighted by molar-refractivity contribution is -0.146. The molecule has 0 aliphatic carbocycles. The quantitative estimate of drug-likeness (QED) is 0.0318. The SMILES string of the molecule is CN1Cc2c(Cl)cc(Cl)cc2[C@H](c2cccc(-c3cn(CCOCCOCCOCCOCCNC(=O)[C@H](O)[C@@H](O)C(=O)NCCOCCOCCOCCOCCn4cc(-c5cccc([C@@H]6CN(C)Cc7c(Cl)cc(Cl)cc76)c5)nn4)nn3)c2)C1.Cl. The Morgan fingerprint density at radius 1 is 0.517 bits per heavy atom. The Morgan fingerprint density at radius 2 is 0.862 bits per heavy atom. The van der Waals surface area contributed by atoms with Crippen LogP contribution in [0.25, 0.3) is 22.5 Å². The molecule has 0 saturated heterocycles. The molecule has 22 nitrogen and oxygen atoms in total. The number of likely N-dealkylation sites (N-methyl/N-ethyl adjacent to an activating group) is 2. The molecule has 0 saturated carbocycles. The van der Waals surface area contributed by atoms with Gasteiger partial charge >= 0.3 is 0 Å². The molecular formula is C60H77Cl5N10O12. The largest absolute Gasteiger partial charge is 0.380 e. The second-order valence-corrected chi connectivity index (χ2v) is 22.5. The van der Waals surface area contributed by atoms with E-state index in [4.69, 9.17) is 84.3 Å². The van der Waals surface area contributed by atoms with Crippen molar-refractivity contribution in [1.29, 1.82) is 0 Å². The van der Waals surface area contributed by atoms with Crippen molar-refractivity contribution >= 4 is 70.6 Å². The number of amides is 2. The van der Waals surface area contributed by atoms with Crippen molar-refractivity contribution in [3.05, 3.63) is 139 Å². The van der Waals surface area contributed by atoms with Gasteiger partial charge in [0.2, 0.25) is 0 Å². The molecule has 6 aromatic rings. The monoisotopic (exact) mass is 1300 g/mol. The highest BCUT2D eigenvalue weighted by Crippen LogP contribution is 2.41. The number of rotatable bonds is 37. The lowest BCUT2D eigenvalue weighted by Gasteiger charge is -2.33. The van der Waals surface area contributed by atoms with Crippen LogP contribution >= 0.6 is 58.8 Å². The molecule has 87 heavy (non-hydrogen) atoms. The number of nitrogens with one attached hydrogen (secondary N) is 2. The van der Waals surface area contributed by atoms with Crippen molar-refractivity contribution < 1.29 is 57.7 Å². The summed E-state index contributed by atoms with van der Waals surface area (Å²) in [4.78, 5) is 29.2. The van der Waals surface area contributed by atoms with Crippen molar-refractivity contribution in [1.82, 2.24) is 50.4 Å². The van der Waals surface area contributed by atoms with E-state index < -0.39 is 24.0 Å². The molecule has 27 heteroatoms. The summed E-state index contributed by atoms with van der Waals surface area (Å²) in [6.45, 7) is 9.73. The maximum Gasteiger partial charge on any atom is 0.252 e. The van der Waals surface area contributed by atoms with Crippen molar-refractivity contribution in [2.24, 2.45) is 0 Å². The Bertz CT molecular complexity index is 2890. The van der Waals surface area contributed by atoms with Gasteiger partial charge < -0.3 is 68.5 Å². The van der Waals surface area contributed by atoms with Crippen LogP contribution in [-0.4, -0.2) is 220 Å². The summed E-state index contributed by atoms with van der Waals surface area (Å²) in [7, 11) is 4.19. The number of benzene rings is 4. The Hall–Kier alpha value is -4.93. The summed E-state index contributed by atoms with van der Waals surface area (Å²) in [5.41, 5.74) is 10.3. The van der Waals surface area contributed by atoms with Gasteiger partial charge in [-0.1, -0.05) is 93.2 Å². The van der Waals surface area contributed by atoms with Gasteiger partial charge in [-0.3, -0.25) is 9.59 Å². The number of fused-ring (bicyclic) bond motifs is 2. The first kappa shape index (κ1) is 69.5. The van der Waals surface area contributed by atoms with Crippen molar-refractivity contribution in [3.63, 3.8) is 0 Å². The first-order valence-electron chi connectivity index (χ1n) is 28.7. The summed E-state index contributed by atoms with van der Waals surface area (Å²) in [5.74, 6) is -1.59. The molecule has 0 fully saturated rings. The molecular weight excluding hydrogens is 1230 g/mol. The van der Waals surface area contributed by atoms with E-state index in [-0.39, 0.29) is 63.8 Å². The number of hydrogen-bond acceptors (Lipinski definition) is 18. The number of halogens is 5. The Kier molecular flexibility index (Phi) is 29.3. The van der Waals surface area contributed by atoms with Gasteiger partial charge in [0.05, 0.1) is 131 Å². The minimum Gasteiger partial charge on any atom is -0.380 e. The predicted molar refractivity (Wildman–Crippen MR) is 332 cm³/mol. The van der Waals surface area contributed by atoms with E-state index in [1.165, 1.54) is 0 Å². The number of hydrogen-bond donors (Lipinski definition) is 4. The van der Waals surface area contributed by atoms with Crippen molar-refractivity contribution in [2.45, 2.75) is 50.2 Å². The standard InChI is InChI=1S/C60H76Cl4N10O12.ClH/c1-71-35-49(47-31-45(61)33-53(63)51(47)37-71)41-5-3-7-43(29-41)55-39-73(69-67-55)11-15-81-19-23-85-27-25-83-21-17-79-13-9-65-59(77)57(75)58(76)60(78)66-10-14-80-18-22-84-26-28-86-24-20-82-16-12-74-40-56(68-70-74)44-8-4-6-42(30-44)50-36-72(2)38-52-48(50)32-46(62)34-54(52)64;/h3-8,29-34,39-40,49-50,57-58,75-76H,9-28,35-38H2,1-2H3,(H,65,77)(H,66,78);1H/t49-,50-,57+,58+;/m0./s1. The molecule has 2 aromatic heterocycles. The first-order chi connectivity index (χ1) is 41.8. The fraction of sp³-hybridized carbons (Fsp3) is 0.500. The Labute approximate surface area is 533 Å². The topological polar surface area (TPSA) is 240 Å². The normalized spacial score (nSPS) is 15.8. The predicted octanol–water partition coefficient (Wildman–Crippen LogP) is 6.18. The molecule has 474 valence electrons. The van der Waals surface area contributed by atoms with Crippen molar-refractivity contribution in [3.8, 4) is 22.5 Å². The van der Waals surface area contributed by atoms with Gasteiger partial charge in [-0.05, 0) is 83.9 Å². The number of nitrogens with zero attached hydrogens (tertiary/aromatic N) is 8. The van der Waals surface area contributed by atoms with Crippen LogP contribution in [0, 0.1) is 0 Å². The summed E-state index contributed by atoms with van der Waals surface area (Å²) in [6.07, 6.45) is -0.122. The van der Waals surface area contributed by atoms with Crippen LogP contribution in [0.3, 0.4) is 0 Å². The van der Waals surface area contributed by atoms with E-state index in [1.54, 1.807) is 21.5 Å². The number of ether oxygens (including phenoxy) is 8. The Balaban J connectivity index is 0.0000108. The molecule has 4 atom stereocenters. The van der Waals surface area contributed by atoms with Crippen LogP contribution in [0.1, 0.15) is 45.2 Å². The fourth-order valence-corrected chi connectivity index (χ4v) is 11.1. The second-order valence-electron chi connectivity index (χ2n) is 20.8. The van der Waals surface area contributed by atoms with E-state index >= 15 is 0 Å². The van der Waals surface area contributed by atoms with E-state index in [2.05, 4.69) is 79.4 Å². The molecule has 8 rings (SSSR count). The average molecular weight is 1310 g/mol. The molecule has 0 unspecified atom stereocenters. The van der Waals surface area contributed by atoms with Gasteiger partial charge in [0.1, 0.15) is 11.4 Å². The third kappa shape index (κ3) is 21.6. The second kappa shape index (κ2) is 36.7. The molecule has 4 aromatic carbocycles. The molecule has 2 amide bonds. The summed E-state index contributed by atoms with van der Waals surface area (Å²) >= 11 is 26.0. The highest BCUT2D eigenvalue weighted by molar-refractivity contribution is 6.35. The highest BCUT2D eigenvalue weighted by Gasteiger charge is 2.31. The summed E-state index contributed by atoms with van der Waals surface area (Å²) < 4.78 is 48.1. The summed E-state index contributed by atoms with van der Waals surface area (Å²) in [6, 6.07) is 24.4. The van der Waals surface area contributed by atoms with Crippen LogP contribution in [0.5, 0.6) is 0 Å². The zero-order chi connectivity index (χ0) is 60.6. The molecule has 4 N–H and O–H groups in total. The lowest BCUT2D eigenvalue weighted by atomic mass is 9.84. The van der Waals surface area contributed by atoms with E-state index in [9.17, 15) is 19.8 Å². The third-order valence-electron chi connectivity index (χ3n) is 14.3. The van der Waals surface area contributed by atoms with Gasteiger partial charge in [0, 0.05) is 82.3 Å². The van der Waals surface area contributed by atoms with E-state index in [1.807, 2.05) is 48.8 Å². The molecule has 2 aliphatic rings. The number of carbonyl (C=O) groups is 2. The zero-order valence-electron chi connectivity index (χ0n) is 48.8. The minimum atomic E-state index is -1.97. The molecule has 2 aliphatic heterocycles. The number of aliphatic hydroxyl groups excluding tert-OH is 2. The maximum absolute atomic E-state index is 12.3. The minimum absolute atomic E-state index is 0. The highest BCUT2D eigenvalue weighted by atomic mass is 35.5. The maximum atomic E-state index is 12.3. The van der Waals surface area contributed by atoms with Crippen LogP contribution in [0.2, 0.25) is 20.1 Å². The smallest absolute Gasteiger partial charge is 0.252 e. The van der Waals surface area contributed by atoms with Gasteiger partial charge in [-0.2, -0.15) is 0 Å². The van der Waals surface area contributed by atoms with Crippen LogP contribution in [0.15, 0.2) is 85.2 Å². The van der Waals surface area contributed by atoms with Gasteiger partial charge in [-0.25, -0.2) is 9.36 Å². The van der Waals surface area contributed by atoms with Crippen molar-refractivity contribution in [2.75, 3.05) is 146 Å². The lowest BCUT2D eigenvalue weighted by Crippen LogP contribution is -2.50. The van der Waals surface area contributed by atoms with Gasteiger partial charge in [0.25, 0.3) is 11.8 Å². The van der Waals surface area contributed by atoms with Crippen LogP contribution < -0.4 is 10.6 Å². The Morgan fingerprint density at radius 3 is 1.23 bits per heavy atom. The molecule has 0 spiro atoms. The number of aliphatic hydroxyl groups is 2. The molecule has 0 radical (unpaired) electrons. The van der Waals surface area contributed by atoms with Gasteiger partial charge in [-0.15, -0.1) is 22.6 Å². The fourth-order valence-electron chi connectivity index (χ4n) is 10.00. The number of aromatic nitrogens is 6. The molecule has 4 heterocycles. The van der Waals surface area contributed by atoms with Gasteiger partial charge in [0.15, 0.2) is 12.2 Å². The number of carbonyl (C=O) groups excluding carboxylic acids is 2. The average Bonchev–Trinajstić information content (AvgIpc) is 1.51. The molecule has 0 bridgehead atoms. The first-order valence-corrected chi connectivity index (χ1v) is 30.2. The van der Waals surface area contributed by atoms with Crippen LogP contribution in [0.4, 0.5) is 0 Å². The van der Waals surface area contributed by atoms with Crippen LogP contribution in [-0.2, 0) is 73.7 Å².